The average molecular weight is 373 g/mol. The molecular weight excluding hydrogens is 356 g/mol. The molecule has 3 rings (SSSR count). The molecule has 0 bridgehead atoms. The molecule has 1 atom stereocenters. The molecular formula is C19H17ClN2O4. The first-order valence-electron chi connectivity index (χ1n) is 8.10. The van der Waals surface area contributed by atoms with Crippen LogP contribution in [0.1, 0.15) is 36.4 Å². The number of phenolic OH excluding ortho intramolecular Hbond substituents is 1. The van der Waals surface area contributed by atoms with Gasteiger partial charge in [0, 0.05) is 17.9 Å². The van der Waals surface area contributed by atoms with E-state index in [0.717, 1.165) is 11.1 Å². The molecule has 1 amide bonds. The van der Waals surface area contributed by atoms with Gasteiger partial charge in [0.25, 0.3) is 0 Å². The van der Waals surface area contributed by atoms with Gasteiger partial charge in [-0.2, -0.15) is 5.10 Å². The van der Waals surface area contributed by atoms with Gasteiger partial charge in [-0.25, -0.2) is 5.01 Å². The third-order valence-corrected chi connectivity index (χ3v) is 4.40. The summed E-state index contributed by atoms with van der Waals surface area (Å²) < 4.78 is 0. The quantitative estimate of drug-likeness (QED) is 0.839. The number of aliphatic carboxylic acids is 1. The summed E-state index contributed by atoms with van der Waals surface area (Å²) in [7, 11) is 0. The third kappa shape index (κ3) is 4.03. The molecule has 0 spiro atoms. The van der Waals surface area contributed by atoms with Crippen molar-refractivity contribution >= 4 is 29.2 Å². The molecule has 1 aliphatic heterocycles. The molecule has 0 fully saturated rings. The van der Waals surface area contributed by atoms with Crippen LogP contribution in [0.4, 0.5) is 0 Å². The van der Waals surface area contributed by atoms with Crippen LogP contribution in [0.3, 0.4) is 0 Å². The van der Waals surface area contributed by atoms with Crippen molar-refractivity contribution in [3.05, 3.63) is 64.7 Å². The van der Waals surface area contributed by atoms with Crippen LogP contribution in [-0.4, -0.2) is 32.8 Å². The van der Waals surface area contributed by atoms with E-state index in [2.05, 4.69) is 5.10 Å². The lowest BCUT2D eigenvalue weighted by Gasteiger charge is -2.22. The summed E-state index contributed by atoms with van der Waals surface area (Å²) in [5.74, 6) is -1.31. The van der Waals surface area contributed by atoms with E-state index in [1.54, 1.807) is 30.3 Å². The molecule has 0 saturated heterocycles. The first-order valence-corrected chi connectivity index (χ1v) is 8.48. The highest BCUT2D eigenvalue weighted by atomic mass is 35.5. The van der Waals surface area contributed by atoms with E-state index in [0.29, 0.717) is 17.2 Å². The normalized spacial score (nSPS) is 16.4. The van der Waals surface area contributed by atoms with Gasteiger partial charge < -0.3 is 10.2 Å². The Labute approximate surface area is 155 Å². The molecule has 0 aliphatic carbocycles. The van der Waals surface area contributed by atoms with E-state index < -0.39 is 12.0 Å². The van der Waals surface area contributed by atoms with Gasteiger partial charge >= 0.3 is 5.97 Å². The van der Waals surface area contributed by atoms with Gasteiger partial charge in [-0.15, -0.1) is 0 Å². The minimum Gasteiger partial charge on any atom is -0.508 e. The number of hydrazone groups is 1. The number of carboxylic acids is 1. The number of rotatable bonds is 5. The molecule has 6 nitrogen and oxygen atoms in total. The lowest BCUT2D eigenvalue weighted by molar-refractivity contribution is -0.141. The molecule has 7 heteroatoms. The zero-order valence-corrected chi connectivity index (χ0v) is 14.6. The molecule has 2 N–H and O–H groups in total. The summed E-state index contributed by atoms with van der Waals surface area (Å²) >= 11 is 5.92. The van der Waals surface area contributed by atoms with Crippen molar-refractivity contribution in [3.63, 3.8) is 0 Å². The average Bonchev–Trinajstić information content (AvgIpc) is 3.05. The van der Waals surface area contributed by atoms with Crippen molar-refractivity contribution in [2.75, 3.05) is 0 Å². The smallest absolute Gasteiger partial charge is 0.303 e. The Morgan fingerprint density at radius 3 is 2.54 bits per heavy atom. The topological polar surface area (TPSA) is 90.2 Å². The van der Waals surface area contributed by atoms with Gasteiger partial charge in [0.2, 0.25) is 5.91 Å². The number of amides is 1. The largest absolute Gasteiger partial charge is 0.508 e. The van der Waals surface area contributed by atoms with Crippen LogP contribution in [0, 0.1) is 0 Å². The zero-order valence-electron chi connectivity index (χ0n) is 13.8. The Bertz CT molecular complexity index is 864. The maximum absolute atomic E-state index is 12.5. The van der Waals surface area contributed by atoms with Crippen LogP contribution in [0.15, 0.2) is 53.6 Å². The van der Waals surface area contributed by atoms with Gasteiger partial charge in [0.1, 0.15) is 5.75 Å². The number of hydrogen-bond donors (Lipinski definition) is 2. The summed E-state index contributed by atoms with van der Waals surface area (Å²) in [6, 6.07) is 13.4. The van der Waals surface area contributed by atoms with Gasteiger partial charge in [-0.05, 0) is 35.4 Å². The Kier molecular flexibility index (Phi) is 5.23. The Balaban J connectivity index is 1.91. The highest BCUT2D eigenvalue weighted by Crippen LogP contribution is 2.34. The van der Waals surface area contributed by atoms with Crippen LogP contribution in [-0.2, 0) is 9.59 Å². The monoisotopic (exact) mass is 372 g/mol. The van der Waals surface area contributed by atoms with Gasteiger partial charge in [-0.3, -0.25) is 9.59 Å². The van der Waals surface area contributed by atoms with Crippen LogP contribution >= 0.6 is 11.6 Å². The number of carbonyl (C=O) groups is 2. The van der Waals surface area contributed by atoms with Crippen molar-refractivity contribution in [3.8, 4) is 5.75 Å². The van der Waals surface area contributed by atoms with E-state index in [9.17, 15) is 14.7 Å². The predicted molar refractivity (Wildman–Crippen MR) is 97.2 cm³/mol. The third-order valence-electron chi connectivity index (χ3n) is 4.15. The SMILES string of the molecule is O=C(O)CCC(=O)N1N=C(c2ccc(Cl)cc2)CC1c1cccc(O)c1. The molecule has 1 aliphatic rings. The molecule has 2 aromatic rings. The van der Waals surface area contributed by atoms with Gasteiger partial charge in [-0.1, -0.05) is 35.9 Å². The summed E-state index contributed by atoms with van der Waals surface area (Å²) in [4.78, 5) is 23.3. The summed E-state index contributed by atoms with van der Waals surface area (Å²) in [6.45, 7) is 0. The fourth-order valence-corrected chi connectivity index (χ4v) is 3.00. The number of halogens is 1. The second-order valence-electron chi connectivity index (χ2n) is 6.00. The molecule has 134 valence electrons. The summed E-state index contributed by atoms with van der Waals surface area (Å²) in [5.41, 5.74) is 2.29. The zero-order chi connectivity index (χ0) is 18.7. The van der Waals surface area contributed by atoms with E-state index in [4.69, 9.17) is 16.7 Å². The number of carboxylic acid groups (broad SMARTS) is 1. The molecule has 0 saturated carbocycles. The van der Waals surface area contributed by atoms with Crippen molar-refractivity contribution < 1.29 is 19.8 Å². The van der Waals surface area contributed by atoms with Crippen LogP contribution in [0.2, 0.25) is 5.02 Å². The van der Waals surface area contributed by atoms with Crippen molar-refractivity contribution in [1.29, 1.82) is 0 Å². The Morgan fingerprint density at radius 1 is 1.15 bits per heavy atom. The Hall–Kier alpha value is -2.86. The van der Waals surface area contributed by atoms with Crippen LogP contribution in [0.25, 0.3) is 0 Å². The number of aromatic hydroxyl groups is 1. The number of phenols is 1. The number of hydrogen-bond acceptors (Lipinski definition) is 4. The lowest BCUT2D eigenvalue weighted by Crippen LogP contribution is -2.27. The van der Waals surface area contributed by atoms with Crippen molar-refractivity contribution in [1.82, 2.24) is 5.01 Å². The van der Waals surface area contributed by atoms with E-state index in [1.807, 2.05) is 18.2 Å². The molecule has 2 aromatic carbocycles. The van der Waals surface area contributed by atoms with E-state index in [1.165, 1.54) is 5.01 Å². The van der Waals surface area contributed by atoms with Gasteiger partial charge in [0.05, 0.1) is 18.2 Å². The maximum Gasteiger partial charge on any atom is 0.303 e. The van der Waals surface area contributed by atoms with Crippen molar-refractivity contribution in [2.45, 2.75) is 25.3 Å². The lowest BCUT2D eigenvalue weighted by atomic mass is 9.98. The second-order valence-corrected chi connectivity index (χ2v) is 6.44. The van der Waals surface area contributed by atoms with E-state index in [-0.39, 0.29) is 24.5 Å². The minimum atomic E-state index is -1.03. The second kappa shape index (κ2) is 7.58. The highest BCUT2D eigenvalue weighted by Gasteiger charge is 2.33. The molecule has 0 radical (unpaired) electrons. The van der Waals surface area contributed by atoms with Gasteiger partial charge in [0.15, 0.2) is 0 Å². The standard InChI is InChI=1S/C19H17ClN2O4/c20-14-6-4-12(5-7-14)16-11-17(13-2-1-3-15(23)10-13)22(21-16)18(24)8-9-19(25)26/h1-7,10,17,23H,8-9,11H2,(H,25,26). The maximum atomic E-state index is 12.5. The first kappa shape index (κ1) is 17.9. The Morgan fingerprint density at radius 2 is 1.88 bits per heavy atom. The van der Waals surface area contributed by atoms with E-state index >= 15 is 0 Å². The summed E-state index contributed by atoms with van der Waals surface area (Å²) in [5, 5.41) is 24.9. The first-order chi connectivity index (χ1) is 12.4. The minimum absolute atomic E-state index is 0.0976. The van der Waals surface area contributed by atoms with Crippen LogP contribution < -0.4 is 0 Å². The predicted octanol–water partition coefficient (Wildman–Crippen LogP) is 3.59. The van der Waals surface area contributed by atoms with Crippen LogP contribution in [0.5, 0.6) is 5.75 Å². The molecule has 0 aromatic heterocycles. The molecule has 1 unspecified atom stereocenters. The highest BCUT2D eigenvalue weighted by molar-refractivity contribution is 6.30. The fraction of sp³-hybridized carbons (Fsp3) is 0.211. The molecule has 26 heavy (non-hydrogen) atoms. The number of benzene rings is 2. The summed E-state index contributed by atoms with van der Waals surface area (Å²) in [6.07, 6.45) is 0.0693. The fourth-order valence-electron chi connectivity index (χ4n) is 2.88. The number of nitrogens with zero attached hydrogens (tertiary/aromatic N) is 2. The number of carbonyl (C=O) groups excluding carboxylic acids is 1. The van der Waals surface area contributed by atoms with Crippen molar-refractivity contribution in [2.24, 2.45) is 5.10 Å². The molecule has 1 heterocycles.